The highest BCUT2D eigenvalue weighted by Gasteiger charge is 2.29. The Morgan fingerprint density at radius 2 is 1.85 bits per heavy atom. The van der Waals surface area contributed by atoms with Crippen LogP contribution in [-0.2, 0) is 6.42 Å². The zero-order valence-electron chi connectivity index (χ0n) is 18.4. The zero-order valence-corrected chi connectivity index (χ0v) is 18.4. The minimum absolute atomic E-state index is 0.0276. The molecule has 170 valence electrons. The van der Waals surface area contributed by atoms with E-state index in [-0.39, 0.29) is 10.7 Å². The van der Waals surface area contributed by atoms with Gasteiger partial charge in [-0.05, 0) is 30.9 Å². The monoisotopic (exact) mass is 447 g/mol. The van der Waals surface area contributed by atoms with Crippen LogP contribution in [0.25, 0.3) is 17.0 Å². The molecule has 0 radical (unpaired) electrons. The van der Waals surface area contributed by atoms with Crippen LogP contribution < -0.4 is 4.90 Å². The Morgan fingerprint density at radius 3 is 2.61 bits per heavy atom. The first kappa shape index (κ1) is 21.1. The average Bonchev–Trinajstić information content (AvgIpc) is 3.45. The Bertz CT molecular complexity index is 1260. The van der Waals surface area contributed by atoms with Crippen molar-refractivity contribution < 1.29 is 9.45 Å². The van der Waals surface area contributed by atoms with Gasteiger partial charge in [-0.25, -0.2) is 0 Å². The van der Waals surface area contributed by atoms with Crippen LogP contribution in [0.4, 0.5) is 11.6 Å². The molecule has 10 nitrogen and oxygen atoms in total. The molecule has 0 bridgehead atoms. The maximum absolute atomic E-state index is 11.7. The summed E-state index contributed by atoms with van der Waals surface area (Å²) in [6.07, 6.45) is 3.31. The summed E-state index contributed by atoms with van der Waals surface area (Å²) < 4.78 is 6.95. The van der Waals surface area contributed by atoms with Gasteiger partial charge in [0.25, 0.3) is 0 Å². The molecule has 1 aliphatic heterocycles. The van der Waals surface area contributed by atoms with Gasteiger partial charge in [0.15, 0.2) is 0 Å². The minimum Gasteiger partial charge on any atom is -0.358 e. The molecule has 10 heteroatoms. The number of nitrogens with zero attached hydrogens (tertiary/aromatic N) is 7. The SMILES string of the molecule is Cc1ccc(-c2noc(CCCN3CCN(c4nc5ccccn5c4[N+](=O)[O-])CC3)n2)cc1. The molecule has 4 heterocycles. The maximum atomic E-state index is 11.7. The van der Waals surface area contributed by atoms with Gasteiger partial charge in [-0.2, -0.15) is 14.4 Å². The van der Waals surface area contributed by atoms with Crippen LogP contribution in [0, 0.1) is 17.0 Å². The summed E-state index contributed by atoms with van der Waals surface area (Å²) in [7, 11) is 0. The Hall–Kier alpha value is -3.79. The summed E-state index contributed by atoms with van der Waals surface area (Å²) in [6.45, 7) is 5.99. The van der Waals surface area contributed by atoms with E-state index in [2.05, 4.69) is 20.0 Å². The second-order valence-corrected chi connectivity index (χ2v) is 8.25. The molecule has 0 unspecified atom stereocenters. The second kappa shape index (κ2) is 8.99. The molecule has 3 aromatic heterocycles. The molecule has 0 aliphatic carbocycles. The molecule has 4 aromatic rings. The molecule has 0 N–H and O–H groups in total. The van der Waals surface area contributed by atoms with Crippen molar-refractivity contribution in [1.29, 1.82) is 0 Å². The number of rotatable bonds is 7. The Kier molecular flexibility index (Phi) is 5.74. The first-order valence-corrected chi connectivity index (χ1v) is 11.1. The van der Waals surface area contributed by atoms with Gasteiger partial charge in [0.1, 0.15) is 0 Å². The van der Waals surface area contributed by atoms with E-state index in [1.54, 1.807) is 18.3 Å². The number of nitro groups is 1. The van der Waals surface area contributed by atoms with Gasteiger partial charge in [-0.3, -0.25) is 4.90 Å². The molecular formula is C23H25N7O3. The van der Waals surface area contributed by atoms with Crippen LogP contribution in [0.3, 0.4) is 0 Å². The van der Waals surface area contributed by atoms with E-state index in [1.807, 2.05) is 42.2 Å². The predicted octanol–water partition coefficient (Wildman–Crippen LogP) is 3.36. The van der Waals surface area contributed by atoms with Crippen LogP contribution in [0.2, 0.25) is 0 Å². The fraction of sp³-hybridized carbons (Fsp3) is 0.348. The summed E-state index contributed by atoms with van der Waals surface area (Å²) in [6, 6.07) is 13.5. The summed E-state index contributed by atoms with van der Waals surface area (Å²) in [4.78, 5) is 24.7. The fourth-order valence-electron chi connectivity index (χ4n) is 4.17. The second-order valence-electron chi connectivity index (χ2n) is 8.25. The van der Waals surface area contributed by atoms with Crippen molar-refractivity contribution in [2.24, 2.45) is 0 Å². The summed E-state index contributed by atoms with van der Waals surface area (Å²) >= 11 is 0. The molecule has 1 aromatic carbocycles. The van der Waals surface area contributed by atoms with E-state index in [4.69, 9.17) is 4.52 Å². The average molecular weight is 447 g/mol. The molecule has 1 saturated heterocycles. The first-order chi connectivity index (χ1) is 16.1. The van der Waals surface area contributed by atoms with E-state index in [0.717, 1.165) is 38.0 Å². The van der Waals surface area contributed by atoms with Crippen molar-refractivity contribution >= 4 is 17.3 Å². The molecular weight excluding hydrogens is 422 g/mol. The summed E-state index contributed by atoms with van der Waals surface area (Å²) in [5.41, 5.74) is 2.73. The number of piperazine rings is 1. The smallest absolute Gasteiger partial charge is 0.358 e. The van der Waals surface area contributed by atoms with E-state index in [9.17, 15) is 10.1 Å². The van der Waals surface area contributed by atoms with Gasteiger partial charge < -0.3 is 19.5 Å². The van der Waals surface area contributed by atoms with Crippen molar-refractivity contribution in [2.75, 3.05) is 37.6 Å². The zero-order chi connectivity index (χ0) is 22.8. The van der Waals surface area contributed by atoms with Crippen LogP contribution in [0.1, 0.15) is 17.9 Å². The first-order valence-electron chi connectivity index (χ1n) is 11.1. The number of pyridine rings is 1. The molecule has 0 atom stereocenters. The Morgan fingerprint density at radius 1 is 1.06 bits per heavy atom. The number of fused-ring (bicyclic) bond motifs is 1. The lowest BCUT2D eigenvalue weighted by molar-refractivity contribution is -0.389. The van der Waals surface area contributed by atoms with Crippen LogP contribution in [0.5, 0.6) is 0 Å². The van der Waals surface area contributed by atoms with E-state index >= 15 is 0 Å². The van der Waals surface area contributed by atoms with Crippen LogP contribution in [0.15, 0.2) is 53.2 Å². The van der Waals surface area contributed by atoms with Crippen molar-refractivity contribution in [1.82, 2.24) is 24.4 Å². The van der Waals surface area contributed by atoms with Crippen molar-refractivity contribution in [3.05, 3.63) is 70.2 Å². The molecule has 0 saturated carbocycles. The quantitative estimate of drug-likeness (QED) is 0.314. The predicted molar refractivity (Wildman–Crippen MR) is 123 cm³/mol. The van der Waals surface area contributed by atoms with Gasteiger partial charge in [-0.15, -0.1) is 0 Å². The normalized spacial score (nSPS) is 14.8. The lowest BCUT2D eigenvalue weighted by Gasteiger charge is -2.34. The molecule has 33 heavy (non-hydrogen) atoms. The highest BCUT2D eigenvalue weighted by Crippen LogP contribution is 2.29. The van der Waals surface area contributed by atoms with Gasteiger partial charge in [0.2, 0.25) is 23.2 Å². The Labute approximate surface area is 190 Å². The molecule has 5 rings (SSSR count). The molecule has 0 spiro atoms. The van der Waals surface area contributed by atoms with Crippen LogP contribution >= 0.6 is 0 Å². The largest absolute Gasteiger partial charge is 0.372 e. The summed E-state index contributed by atoms with van der Waals surface area (Å²) in [5, 5.41) is 15.8. The number of benzene rings is 1. The van der Waals surface area contributed by atoms with Gasteiger partial charge >= 0.3 is 5.82 Å². The number of aryl methyl sites for hydroxylation is 2. The van der Waals surface area contributed by atoms with Crippen LogP contribution in [-0.4, -0.2) is 62.1 Å². The molecule has 1 fully saturated rings. The van der Waals surface area contributed by atoms with Crippen molar-refractivity contribution in [3.63, 3.8) is 0 Å². The maximum Gasteiger partial charge on any atom is 0.372 e. The third-order valence-corrected chi connectivity index (χ3v) is 5.97. The number of hydrogen-bond donors (Lipinski definition) is 0. The van der Waals surface area contributed by atoms with Crippen molar-refractivity contribution in [2.45, 2.75) is 19.8 Å². The number of imidazole rings is 1. The highest BCUT2D eigenvalue weighted by molar-refractivity contribution is 5.63. The van der Waals surface area contributed by atoms with E-state index < -0.39 is 0 Å². The number of anilines is 1. The number of aromatic nitrogens is 4. The lowest BCUT2D eigenvalue weighted by Crippen LogP contribution is -2.47. The summed E-state index contributed by atoms with van der Waals surface area (Å²) in [5.74, 6) is 1.73. The third-order valence-electron chi connectivity index (χ3n) is 5.97. The highest BCUT2D eigenvalue weighted by atomic mass is 16.6. The number of hydrogen-bond acceptors (Lipinski definition) is 8. The molecule has 0 amide bonds. The van der Waals surface area contributed by atoms with Gasteiger partial charge in [0.05, 0.1) is 6.20 Å². The van der Waals surface area contributed by atoms with E-state index in [1.165, 1.54) is 9.96 Å². The topological polar surface area (TPSA) is 106 Å². The van der Waals surface area contributed by atoms with Gasteiger partial charge in [0, 0.05) is 44.2 Å². The third kappa shape index (κ3) is 4.42. The molecule has 1 aliphatic rings. The van der Waals surface area contributed by atoms with Crippen molar-refractivity contribution in [3.8, 4) is 11.4 Å². The Balaban J connectivity index is 1.15. The van der Waals surface area contributed by atoms with Gasteiger partial charge in [-0.1, -0.05) is 41.1 Å². The fourth-order valence-corrected chi connectivity index (χ4v) is 4.17. The lowest BCUT2D eigenvalue weighted by atomic mass is 10.1. The van der Waals surface area contributed by atoms with E-state index in [0.29, 0.717) is 36.3 Å². The standard InChI is InChI=1S/C23H25N7O3/c1-17-7-9-18(10-8-17)21-25-20(33-26-21)6-4-11-27-13-15-28(16-14-27)22-23(30(31)32)29-12-3-2-5-19(29)24-22/h2-3,5,7-10,12H,4,6,11,13-16H2,1H3. The minimum atomic E-state index is -0.350.